The van der Waals surface area contributed by atoms with E-state index in [1.54, 1.807) is 5.57 Å². The molecule has 0 radical (unpaired) electrons. The zero-order valence-electron chi connectivity index (χ0n) is 33.9. The molecule has 280 valence electrons. The summed E-state index contributed by atoms with van der Waals surface area (Å²) in [5, 5.41) is 0. The fourth-order valence-electron chi connectivity index (χ4n) is 7.86. The van der Waals surface area contributed by atoms with E-state index in [2.05, 4.69) is 207 Å². The number of fused-ring (bicyclic) bond motifs is 2. The normalized spacial score (nSPS) is 16.7. The highest BCUT2D eigenvalue weighted by molar-refractivity contribution is 5.91. The van der Waals surface area contributed by atoms with Crippen LogP contribution in [-0.2, 0) is 11.8 Å². The topological polar surface area (TPSA) is 3.24 Å². The minimum absolute atomic E-state index is 0.376. The zero-order valence-corrected chi connectivity index (χ0v) is 33.9. The molecule has 0 aromatic heterocycles. The number of allylic oxidation sites excluding steroid dienone is 11. The van der Waals surface area contributed by atoms with E-state index in [9.17, 15) is 0 Å². The van der Waals surface area contributed by atoms with Crippen LogP contribution in [0.25, 0.3) is 5.57 Å². The number of aryl methyl sites for hydroxylation is 1. The highest BCUT2D eigenvalue weighted by atomic mass is 15.1. The Bertz CT molecular complexity index is 2070. The summed E-state index contributed by atoms with van der Waals surface area (Å²) < 4.78 is 0. The quantitative estimate of drug-likeness (QED) is 0.144. The van der Waals surface area contributed by atoms with Gasteiger partial charge in [0, 0.05) is 17.6 Å². The second-order valence-electron chi connectivity index (χ2n) is 13.6. The Morgan fingerprint density at radius 3 is 1.84 bits per heavy atom. The van der Waals surface area contributed by atoms with Crippen LogP contribution in [0.4, 0.5) is 11.4 Å². The fraction of sp³-hybridized carbons (Fsp3) is 0.222. The molecule has 55 heavy (non-hydrogen) atoms. The molecule has 3 aliphatic rings. The maximum atomic E-state index is 2.37. The van der Waals surface area contributed by atoms with Crippen LogP contribution in [-0.4, -0.2) is 0 Å². The van der Waals surface area contributed by atoms with Crippen LogP contribution in [0.2, 0.25) is 0 Å². The van der Waals surface area contributed by atoms with Gasteiger partial charge in [0.15, 0.2) is 0 Å². The van der Waals surface area contributed by atoms with Crippen LogP contribution >= 0.6 is 0 Å². The van der Waals surface area contributed by atoms with E-state index in [4.69, 9.17) is 0 Å². The molecule has 0 aliphatic heterocycles. The molecule has 1 heteroatoms. The van der Waals surface area contributed by atoms with Crippen LogP contribution in [0, 0.1) is 6.92 Å². The monoisotopic (exact) mass is 721 g/mol. The van der Waals surface area contributed by atoms with E-state index in [0.717, 1.165) is 30.6 Å². The highest BCUT2D eigenvalue weighted by Crippen LogP contribution is 2.58. The second kappa shape index (κ2) is 20.7. The second-order valence-corrected chi connectivity index (χ2v) is 13.6. The van der Waals surface area contributed by atoms with Crippen LogP contribution in [0.15, 0.2) is 205 Å². The number of para-hydroxylation sites is 2. The Morgan fingerprint density at radius 2 is 1.24 bits per heavy atom. The predicted molar refractivity (Wildman–Crippen MR) is 241 cm³/mol. The van der Waals surface area contributed by atoms with Gasteiger partial charge in [0.2, 0.25) is 0 Å². The van der Waals surface area contributed by atoms with Crippen molar-refractivity contribution in [3.63, 3.8) is 0 Å². The summed E-state index contributed by atoms with van der Waals surface area (Å²) in [6, 6.07) is 50.2. The number of nitrogens with zero attached hydrogens (tertiary/aromatic N) is 1. The lowest BCUT2D eigenvalue weighted by molar-refractivity contribution is 0.692. The predicted octanol–water partition coefficient (Wildman–Crippen LogP) is 15.3. The van der Waals surface area contributed by atoms with Gasteiger partial charge in [-0.15, -0.1) is 0 Å². The van der Waals surface area contributed by atoms with Crippen molar-refractivity contribution in [3.05, 3.63) is 233 Å². The molecule has 0 spiro atoms. The lowest BCUT2D eigenvalue weighted by atomic mass is 9.65. The lowest BCUT2D eigenvalue weighted by Crippen LogP contribution is -2.32. The van der Waals surface area contributed by atoms with Crippen LogP contribution in [0.3, 0.4) is 0 Å². The van der Waals surface area contributed by atoms with Gasteiger partial charge in [-0.2, -0.15) is 0 Å². The van der Waals surface area contributed by atoms with Gasteiger partial charge in [0.05, 0.1) is 5.41 Å². The van der Waals surface area contributed by atoms with Crippen molar-refractivity contribution in [3.8, 4) is 0 Å². The molecule has 5 aromatic rings. The Hall–Kier alpha value is -5.66. The van der Waals surface area contributed by atoms with Gasteiger partial charge in [0.25, 0.3) is 0 Å². The van der Waals surface area contributed by atoms with Gasteiger partial charge in [-0.1, -0.05) is 197 Å². The number of hydrogen-bond acceptors (Lipinski definition) is 1. The Morgan fingerprint density at radius 1 is 0.655 bits per heavy atom. The first kappa shape index (κ1) is 40.5. The molecular formula is C54H59N. The summed E-state index contributed by atoms with van der Waals surface area (Å²) in [5.74, 6) is 0. The molecule has 1 nitrogen and oxygen atoms in total. The van der Waals surface area contributed by atoms with Crippen molar-refractivity contribution in [2.45, 2.75) is 79.1 Å². The summed E-state index contributed by atoms with van der Waals surface area (Å²) in [6.45, 7) is 12.3. The van der Waals surface area contributed by atoms with Crippen molar-refractivity contribution in [2.75, 3.05) is 4.90 Å². The van der Waals surface area contributed by atoms with E-state index in [-0.39, 0.29) is 5.41 Å². The Balaban J connectivity index is 0.000000285. The molecule has 0 bridgehead atoms. The van der Waals surface area contributed by atoms with Crippen LogP contribution in [0.1, 0.15) is 88.1 Å². The SMILES string of the molecule is C/C=C\C(=C/N(c1ccccc1)c1ccccc1)C1(c2ccc(C)cc2)C2=C(C=CCC2)c2ccccc21.C1=CCCC(Cc2ccccc2)=C1.CC.CC. The minimum Gasteiger partial charge on any atom is -0.317 e. The van der Waals surface area contributed by atoms with Gasteiger partial charge >= 0.3 is 0 Å². The fourth-order valence-corrected chi connectivity index (χ4v) is 7.86. The van der Waals surface area contributed by atoms with Crippen LogP contribution in [0.5, 0.6) is 0 Å². The van der Waals surface area contributed by atoms with Crippen molar-refractivity contribution >= 4 is 16.9 Å². The first-order valence-corrected chi connectivity index (χ1v) is 20.4. The van der Waals surface area contributed by atoms with E-state index in [0.29, 0.717) is 0 Å². The zero-order chi connectivity index (χ0) is 38.9. The standard InChI is InChI=1S/C37H33N.C13H14.2C2H6/c1-3-14-30(27-38(31-15-6-4-7-16-31)32-17-8-5-9-18-32)37(29-25-23-28(2)24-26-29)35-21-12-10-19-33(35)34-20-11-13-22-36(34)37;1-3-7-12(8-4-1)11-13-9-5-2-6-10-13;2*1-2/h3-12,14-21,23-27H,13,22H2,1-2H3;1-5,7-9H,6,10-11H2;2*1-2H3/b14-3-,30-27+;;;. The average molecular weight is 722 g/mol. The molecular weight excluding hydrogens is 663 g/mol. The summed E-state index contributed by atoms with van der Waals surface area (Å²) >= 11 is 0. The van der Waals surface area contributed by atoms with E-state index in [1.165, 1.54) is 57.4 Å². The molecule has 3 aliphatic carbocycles. The molecule has 0 saturated heterocycles. The van der Waals surface area contributed by atoms with E-state index >= 15 is 0 Å². The molecule has 1 unspecified atom stereocenters. The van der Waals surface area contributed by atoms with Gasteiger partial charge in [-0.05, 0) is 109 Å². The molecule has 0 heterocycles. The first-order valence-electron chi connectivity index (χ1n) is 20.4. The number of benzene rings is 5. The van der Waals surface area contributed by atoms with Gasteiger partial charge in [-0.3, -0.25) is 0 Å². The van der Waals surface area contributed by atoms with Crippen molar-refractivity contribution in [1.29, 1.82) is 0 Å². The van der Waals surface area contributed by atoms with Gasteiger partial charge in [-0.25, -0.2) is 0 Å². The molecule has 5 aromatic carbocycles. The van der Waals surface area contributed by atoms with E-state index < -0.39 is 0 Å². The smallest absolute Gasteiger partial charge is 0.0690 e. The molecule has 0 amide bonds. The Labute approximate surface area is 332 Å². The molecule has 0 fully saturated rings. The largest absolute Gasteiger partial charge is 0.317 e. The molecule has 1 atom stereocenters. The molecule has 8 rings (SSSR count). The number of hydrogen-bond donors (Lipinski definition) is 0. The van der Waals surface area contributed by atoms with Gasteiger partial charge in [0.1, 0.15) is 0 Å². The maximum absolute atomic E-state index is 2.37. The van der Waals surface area contributed by atoms with E-state index in [1.807, 2.05) is 27.7 Å². The highest BCUT2D eigenvalue weighted by Gasteiger charge is 2.48. The summed E-state index contributed by atoms with van der Waals surface area (Å²) in [5.41, 5.74) is 14.3. The average Bonchev–Trinajstić information content (AvgIpc) is 3.57. The van der Waals surface area contributed by atoms with Gasteiger partial charge < -0.3 is 4.90 Å². The van der Waals surface area contributed by atoms with Crippen molar-refractivity contribution in [1.82, 2.24) is 0 Å². The van der Waals surface area contributed by atoms with Crippen molar-refractivity contribution in [2.24, 2.45) is 0 Å². The van der Waals surface area contributed by atoms with Crippen molar-refractivity contribution < 1.29 is 0 Å². The summed E-state index contributed by atoms with van der Waals surface area (Å²) in [4.78, 5) is 2.34. The molecule has 0 saturated carbocycles. The maximum Gasteiger partial charge on any atom is 0.0690 e. The number of anilines is 2. The minimum atomic E-state index is -0.376. The summed E-state index contributed by atoms with van der Waals surface area (Å²) in [6.07, 6.45) is 23.9. The third-order valence-corrected chi connectivity index (χ3v) is 10.2. The first-order chi connectivity index (χ1) is 27.2. The third kappa shape index (κ3) is 9.35. The molecule has 0 N–H and O–H groups in total. The van der Waals surface area contributed by atoms with Crippen LogP contribution < -0.4 is 4.90 Å². The number of rotatable bonds is 8. The lowest BCUT2D eigenvalue weighted by Gasteiger charge is -2.38. The summed E-state index contributed by atoms with van der Waals surface area (Å²) in [7, 11) is 0. The Kier molecular flexibility index (Phi) is 15.3. The third-order valence-electron chi connectivity index (χ3n) is 10.2.